The van der Waals surface area contributed by atoms with E-state index in [0.717, 1.165) is 10.2 Å². The molecule has 4 heteroatoms. The van der Waals surface area contributed by atoms with Crippen molar-refractivity contribution in [1.29, 1.82) is 0 Å². The van der Waals surface area contributed by atoms with Crippen LogP contribution in [0.25, 0.3) is 0 Å². The zero-order valence-corrected chi connectivity index (χ0v) is 9.09. The highest BCUT2D eigenvalue weighted by atomic mass is 79.9. The van der Waals surface area contributed by atoms with E-state index < -0.39 is 0 Å². The number of rotatable bonds is 2. The topological polar surface area (TPSA) is 38.1 Å². The van der Waals surface area contributed by atoms with Crippen LogP contribution >= 0.6 is 15.9 Å². The summed E-state index contributed by atoms with van der Waals surface area (Å²) in [6.07, 6.45) is 0. The summed E-state index contributed by atoms with van der Waals surface area (Å²) in [6.45, 7) is 4.19. The Morgan fingerprint density at radius 2 is 2.17 bits per heavy atom. The van der Waals surface area contributed by atoms with Gasteiger partial charge in [-0.3, -0.25) is 4.68 Å². The van der Waals surface area contributed by atoms with Crippen molar-refractivity contribution in [3.63, 3.8) is 0 Å². The molecule has 1 rings (SSSR count). The van der Waals surface area contributed by atoms with Crippen LogP contribution in [0, 0.1) is 0 Å². The van der Waals surface area contributed by atoms with Crippen LogP contribution in [-0.2, 0) is 13.7 Å². The van der Waals surface area contributed by atoms with Gasteiger partial charge in [0.1, 0.15) is 5.69 Å². The Balaban J connectivity index is 3.19. The SMILES string of the molecule is CC(C)c1c(Br)c(CO)nn1C. The first-order valence-electron chi connectivity index (χ1n) is 3.90. The predicted octanol–water partition coefficient (Wildman–Crippen LogP) is 1.80. The largest absolute Gasteiger partial charge is 0.390 e. The van der Waals surface area contributed by atoms with E-state index in [-0.39, 0.29) is 6.61 Å². The van der Waals surface area contributed by atoms with E-state index in [9.17, 15) is 0 Å². The second-order valence-electron chi connectivity index (χ2n) is 3.08. The first-order chi connectivity index (χ1) is 5.57. The third kappa shape index (κ3) is 1.54. The van der Waals surface area contributed by atoms with Crippen molar-refractivity contribution in [2.45, 2.75) is 26.4 Å². The van der Waals surface area contributed by atoms with Crippen LogP contribution < -0.4 is 0 Å². The molecule has 12 heavy (non-hydrogen) atoms. The fourth-order valence-corrected chi connectivity index (χ4v) is 2.22. The summed E-state index contributed by atoms with van der Waals surface area (Å²) in [6, 6.07) is 0. The zero-order valence-electron chi connectivity index (χ0n) is 7.50. The second-order valence-corrected chi connectivity index (χ2v) is 3.88. The van der Waals surface area contributed by atoms with Crippen molar-refractivity contribution in [3.8, 4) is 0 Å². The van der Waals surface area contributed by atoms with E-state index in [1.165, 1.54) is 0 Å². The molecule has 0 aliphatic carbocycles. The number of halogens is 1. The fraction of sp³-hybridized carbons (Fsp3) is 0.625. The van der Waals surface area contributed by atoms with Crippen molar-refractivity contribution in [1.82, 2.24) is 9.78 Å². The van der Waals surface area contributed by atoms with E-state index in [2.05, 4.69) is 34.9 Å². The Kier molecular flexibility index (Phi) is 2.90. The highest BCUT2D eigenvalue weighted by molar-refractivity contribution is 9.10. The maximum absolute atomic E-state index is 8.93. The van der Waals surface area contributed by atoms with Crippen LogP contribution in [0.2, 0.25) is 0 Å². The lowest BCUT2D eigenvalue weighted by atomic mass is 10.1. The highest BCUT2D eigenvalue weighted by Crippen LogP contribution is 2.27. The third-order valence-corrected chi connectivity index (χ3v) is 2.66. The van der Waals surface area contributed by atoms with Crippen molar-refractivity contribution in [2.24, 2.45) is 7.05 Å². The number of aryl methyl sites for hydroxylation is 1. The van der Waals surface area contributed by atoms with Crippen molar-refractivity contribution in [2.75, 3.05) is 0 Å². The molecule has 1 aromatic rings. The van der Waals surface area contributed by atoms with E-state index in [0.29, 0.717) is 11.6 Å². The number of nitrogens with zero attached hydrogens (tertiary/aromatic N) is 2. The van der Waals surface area contributed by atoms with E-state index in [4.69, 9.17) is 5.11 Å². The standard InChI is InChI=1S/C8H13BrN2O/c1-5(2)8-7(9)6(4-12)10-11(8)3/h5,12H,4H2,1-3H3. The van der Waals surface area contributed by atoms with Gasteiger partial charge in [-0.25, -0.2) is 0 Å². The van der Waals surface area contributed by atoms with Gasteiger partial charge in [0.2, 0.25) is 0 Å². The molecular weight excluding hydrogens is 220 g/mol. The van der Waals surface area contributed by atoms with Crippen LogP contribution in [0.5, 0.6) is 0 Å². The number of aliphatic hydroxyl groups excluding tert-OH is 1. The normalized spacial score (nSPS) is 11.2. The molecule has 1 N–H and O–H groups in total. The lowest BCUT2D eigenvalue weighted by Crippen LogP contribution is -2.00. The first-order valence-corrected chi connectivity index (χ1v) is 4.69. The van der Waals surface area contributed by atoms with Crippen LogP contribution in [0.1, 0.15) is 31.2 Å². The highest BCUT2D eigenvalue weighted by Gasteiger charge is 2.15. The molecule has 0 atom stereocenters. The molecule has 68 valence electrons. The molecule has 0 aliphatic rings. The van der Waals surface area contributed by atoms with Gasteiger partial charge in [-0.1, -0.05) is 13.8 Å². The minimum absolute atomic E-state index is 0.0128. The molecule has 0 unspecified atom stereocenters. The molecule has 0 saturated carbocycles. The van der Waals surface area contributed by atoms with Crippen molar-refractivity contribution in [3.05, 3.63) is 15.9 Å². The molecule has 0 amide bonds. The molecular formula is C8H13BrN2O. The van der Waals surface area contributed by atoms with Crippen LogP contribution in [0.3, 0.4) is 0 Å². The van der Waals surface area contributed by atoms with Crippen molar-refractivity contribution < 1.29 is 5.11 Å². The van der Waals surface area contributed by atoms with Gasteiger partial charge < -0.3 is 5.11 Å². The smallest absolute Gasteiger partial charge is 0.102 e. The maximum Gasteiger partial charge on any atom is 0.102 e. The Morgan fingerprint density at radius 1 is 1.58 bits per heavy atom. The molecule has 0 fully saturated rings. The molecule has 1 aromatic heterocycles. The Bertz CT molecular complexity index is 281. The molecule has 0 spiro atoms. The lowest BCUT2D eigenvalue weighted by molar-refractivity contribution is 0.275. The monoisotopic (exact) mass is 232 g/mol. The summed E-state index contributed by atoms with van der Waals surface area (Å²) in [5.74, 6) is 0.414. The van der Waals surface area contributed by atoms with Gasteiger partial charge in [0, 0.05) is 7.05 Å². The van der Waals surface area contributed by atoms with Gasteiger partial charge in [0.05, 0.1) is 16.8 Å². The summed E-state index contributed by atoms with van der Waals surface area (Å²) < 4.78 is 2.74. The third-order valence-electron chi connectivity index (χ3n) is 1.79. The molecule has 0 radical (unpaired) electrons. The summed E-state index contributed by atoms with van der Waals surface area (Å²) in [4.78, 5) is 0. The van der Waals surface area contributed by atoms with E-state index >= 15 is 0 Å². The number of hydrogen-bond acceptors (Lipinski definition) is 2. The molecule has 0 aromatic carbocycles. The maximum atomic E-state index is 8.93. The van der Waals surface area contributed by atoms with Gasteiger partial charge >= 0.3 is 0 Å². The first kappa shape index (κ1) is 9.74. The van der Waals surface area contributed by atoms with Gasteiger partial charge in [-0.2, -0.15) is 5.10 Å². The average Bonchev–Trinajstić information content (AvgIpc) is 2.25. The van der Waals surface area contributed by atoms with E-state index in [1.807, 2.05) is 7.05 Å². The molecule has 0 saturated heterocycles. The minimum atomic E-state index is -0.0128. The molecule has 3 nitrogen and oxygen atoms in total. The van der Waals surface area contributed by atoms with Gasteiger partial charge in [-0.05, 0) is 21.8 Å². The van der Waals surface area contributed by atoms with E-state index in [1.54, 1.807) is 4.68 Å². The lowest BCUT2D eigenvalue weighted by Gasteiger charge is -2.05. The molecule has 0 aliphatic heterocycles. The summed E-state index contributed by atoms with van der Waals surface area (Å²) >= 11 is 3.42. The Hall–Kier alpha value is -0.350. The van der Waals surface area contributed by atoms with Crippen molar-refractivity contribution >= 4 is 15.9 Å². The number of aromatic nitrogens is 2. The Labute approximate surface area is 80.5 Å². The summed E-state index contributed by atoms with van der Waals surface area (Å²) in [7, 11) is 1.89. The fourth-order valence-electron chi connectivity index (χ4n) is 1.30. The summed E-state index contributed by atoms with van der Waals surface area (Å²) in [5.41, 5.74) is 1.83. The van der Waals surface area contributed by atoms with Crippen LogP contribution in [-0.4, -0.2) is 14.9 Å². The quantitative estimate of drug-likeness (QED) is 0.845. The molecule has 0 bridgehead atoms. The molecule has 1 heterocycles. The van der Waals surface area contributed by atoms with Gasteiger partial charge in [0.25, 0.3) is 0 Å². The zero-order chi connectivity index (χ0) is 9.30. The average molecular weight is 233 g/mol. The number of aliphatic hydroxyl groups is 1. The van der Waals surface area contributed by atoms with Gasteiger partial charge in [0.15, 0.2) is 0 Å². The van der Waals surface area contributed by atoms with Crippen LogP contribution in [0.15, 0.2) is 4.47 Å². The number of hydrogen-bond donors (Lipinski definition) is 1. The second kappa shape index (κ2) is 3.58. The Morgan fingerprint density at radius 3 is 2.42 bits per heavy atom. The summed E-state index contributed by atoms with van der Waals surface area (Å²) in [5, 5.41) is 13.1. The minimum Gasteiger partial charge on any atom is -0.390 e. The predicted molar refractivity (Wildman–Crippen MR) is 50.9 cm³/mol. The van der Waals surface area contributed by atoms with Gasteiger partial charge in [-0.15, -0.1) is 0 Å². The van der Waals surface area contributed by atoms with Crippen LogP contribution in [0.4, 0.5) is 0 Å².